The molecule has 1 aromatic carbocycles. The summed E-state index contributed by atoms with van der Waals surface area (Å²) in [6.45, 7) is 0.256. The predicted octanol–water partition coefficient (Wildman–Crippen LogP) is 4.77. The van der Waals surface area contributed by atoms with Crippen LogP contribution in [-0.2, 0) is 6.61 Å². The highest BCUT2D eigenvalue weighted by molar-refractivity contribution is 7.12. The average Bonchev–Trinajstić information content (AvgIpc) is 3.04. The van der Waals surface area contributed by atoms with E-state index in [1.54, 1.807) is 30.3 Å². The highest BCUT2D eigenvalue weighted by atomic mass is 35.5. The number of rotatable bonds is 5. The van der Waals surface area contributed by atoms with Gasteiger partial charge in [0.15, 0.2) is 0 Å². The molecule has 0 atom stereocenters. The first-order chi connectivity index (χ1) is 11.6. The SMILES string of the molecule is O=C(Nc1ccc(Cl)cn1)c1cc(COc2cccc(F)c2)cs1. The molecule has 0 bridgehead atoms. The second-order valence-electron chi connectivity index (χ2n) is 4.88. The van der Waals surface area contributed by atoms with E-state index in [9.17, 15) is 9.18 Å². The summed E-state index contributed by atoms with van der Waals surface area (Å²) in [5.74, 6) is 0.258. The van der Waals surface area contributed by atoms with E-state index in [1.807, 2.05) is 5.38 Å². The van der Waals surface area contributed by atoms with Gasteiger partial charge < -0.3 is 10.1 Å². The Hall–Kier alpha value is -2.44. The molecule has 0 aliphatic heterocycles. The molecule has 0 spiro atoms. The second-order valence-corrected chi connectivity index (χ2v) is 6.23. The third-order valence-electron chi connectivity index (χ3n) is 3.05. The number of thiophene rings is 1. The molecule has 1 N–H and O–H groups in total. The molecule has 7 heteroatoms. The highest BCUT2D eigenvalue weighted by Crippen LogP contribution is 2.20. The zero-order valence-electron chi connectivity index (χ0n) is 12.3. The number of aromatic nitrogens is 1. The molecule has 2 heterocycles. The number of anilines is 1. The largest absolute Gasteiger partial charge is 0.489 e. The number of halogens is 2. The molecule has 4 nitrogen and oxygen atoms in total. The molecule has 3 rings (SSSR count). The number of nitrogens with zero attached hydrogens (tertiary/aromatic N) is 1. The van der Waals surface area contributed by atoms with Crippen LogP contribution in [0.5, 0.6) is 5.75 Å². The second kappa shape index (κ2) is 7.42. The minimum Gasteiger partial charge on any atom is -0.489 e. The van der Waals surface area contributed by atoms with E-state index in [-0.39, 0.29) is 18.3 Å². The van der Waals surface area contributed by atoms with Gasteiger partial charge in [-0.15, -0.1) is 11.3 Å². The van der Waals surface area contributed by atoms with Crippen LogP contribution in [0.15, 0.2) is 54.0 Å². The number of carbonyl (C=O) groups is 1. The third-order valence-corrected chi connectivity index (χ3v) is 4.25. The molecule has 0 radical (unpaired) electrons. The summed E-state index contributed by atoms with van der Waals surface area (Å²) in [5, 5.41) is 5.02. The van der Waals surface area contributed by atoms with Crippen LogP contribution in [0.2, 0.25) is 5.02 Å². The van der Waals surface area contributed by atoms with Crippen molar-refractivity contribution in [3.63, 3.8) is 0 Å². The standard InChI is InChI=1S/C17H12ClFN2O2S/c18-12-4-5-16(20-8-12)21-17(22)15-6-11(10-24-15)9-23-14-3-1-2-13(19)7-14/h1-8,10H,9H2,(H,20,21,22). The van der Waals surface area contributed by atoms with Gasteiger partial charge in [0.25, 0.3) is 5.91 Å². The van der Waals surface area contributed by atoms with E-state index in [1.165, 1.54) is 29.7 Å². The molecule has 0 aliphatic rings. The molecule has 2 aromatic heterocycles. The van der Waals surface area contributed by atoms with Crippen LogP contribution in [0.25, 0.3) is 0 Å². The Morgan fingerprint density at radius 3 is 2.92 bits per heavy atom. The summed E-state index contributed by atoms with van der Waals surface area (Å²) in [6.07, 6.45) is 1.46. The van der Waals surface area contributed by atoms with E-state index in [4.69, 9.17) is 16.3 Å². The van der Waals surface area contributed by atoms with Crippen LogP contribution in [-0.4, -0.2) is 10.9 Å². The Bertz CT molecular complexity index is 852. The van der Waals surface area contributed by atoms with Crippen molar-refractivity contribution in [3.8, 4) is 5.75 Å². The summed E-state index contributed by atoms with van der Waals surface area (Å²) >= 11 is 7.05. The predicted molar refractivity (Wildman–Crippen MR) is 92.3 cm³/mol. The minimum atomic E-state index is -0.353. The first-order valence-corrected chi connectivity index (χ1v) is 8.24. The molecule has 1 amide bonds. The number of pyridine rings is 1. The summed E-state index contributed by atoms with van der Waals surface area (Å²) in [4.78, 5) is 16.7. The summed E-state index contributed by atoms with van der Waals surface area (Å²) < 4.78 is 18.6. The van der Waals surface area contributed by atoms with Crippen LogP contribution in [0.3, 0.4) is 0 Å². The van der Waals surface area contributed by atoms with Gasteiger partial charge in [0, 0.05) is 17.8 Å². The number of benzene rings is 1. The van der Waals surface area contributed by atoms with E-state index in [2.05, 4.69) is 10.3 Å². The molecule has 0 saturated heterocycles. The van der Waals surface area contributed by atoms with Gasteiger partial charge in [-0.2, -0.15) is 0 Å². The Balaban J connectivity index is 1.60. The lowest BCUT2D eigenvalue weighted by Gasteiger charge is -2.04. The summed E-state index contributed by atoms with van der Waals surface area (Å²) in [7, 11) is 0. The first-order valence-electron chi connectivity index (χ1n) is 6.99. The molecular formula is C17H12ClFN2O2S. The molecule has 24 heavy (non-hydrogen) atoms. The van der Waals surface area contributed by atoms with Gasteiger partial charge in [0.2, 0.25) is 0 Å². The van der Waals surface area contributed by atoms with Crippen LogP contribution >= 0.6 is 22.9 Å². The van der Waals surface area contributed by atoms with E-state index in [0.29, 0.717) is 21.5 Å². The zero-order chi connectivity index (χ0) is 16.9. The van der Waals surface area contributed by atoms with Gasteiger partial charge in [-0.3, -0.25) is 4.79 Å². The monoisotopic (exact) mass is 362 g/mol. The zero-order valence-corrected chi connectivity index (χ0v) is 13.9. The van der Waals surface area contributed by atoms with E-state index in [0.717, 1.165) is 5.56 Å². The maximum absolute atomic E-state index is 13.1. The summed E-state index contributed by atoms with van der Waals surface area (Å²) in [5.41, 5.74) is 0.832. The van der Waals surface area contributed by atoms with E-state index >= 15 is 0 Å². The Morgan fingerprint density at radius 1 is 1.29 bits per heavy atom. The third kappa shape index (κ3) is 4.31. The molecule has 0 aliphatic carbocycles. The fourth-order valence-corrected chi connectivity index (χ4v) is 2.83. The van der Waals surface area contributed by atoms with Gasteiger partial charge in [-0.05, 0) is 35.7 Å². The molecular weight excluding hydrogens is 351 g/mol. The number of hydrogen-bond acceptors (Lipinski definition) is 4. The van der Waals surface area contributed by atoms with Gasteiger partial charge in [0.1, 0.15) is 24.0 Å². The maximum Gasteiger partial charge on any atom is 0.266 e. The lowest BCUT2D eigenvalue weighted by Crippen LogP contribution is -2.11. The number of ether oxygens (including phenoxy) is 1. The number of carbonyl (C=O) groups excluding carboxylic acids is 1. The lowest BCUT2D eigenvalue weighted by molar-refractivity contribution is 0.103. The molecule has 122 valence electrons. The molecule has 0 fully saturated rings. The van der Waals surface area contributed by atoms with Crippen LogP contribution in [0.1, 0.15) is 15.2 Å². The fourth-order valence-electron chi connectivity index (χ4n) is 1.92. The number of nitrogens with one attached hydrogen (secondary N) is 1. The topological polar surface area (TPSA) is 51.2 Å². The van der Waals surface area contributed by atoms with Crippen molar-refractivity contribution >= 4 is 34.7 Å². The van der Waals surface area contributed by atoms with Crippen molar-refractivity contribution < 1.29 is 13.9 Å². The number of amides is 1. The van der Waals surface area contributed by atoms with Crippen LogP contribution in [0.4, 0.5) is 10.2 Å². The van der Waals surface area contributed by atoms with Gasteiger partial charge in [-0.25, -0.2) is 9.37 Å². The Kier molecular flexibility index (Phi) is 5.08. The highest BCUT2D eigenvalue weighted by Gasteiger charge is 2.10. The number of hydrogen-bond donors (Lipinski definition) is 1. The van der Waals surface area contributed by atoms with Crippen molar-refractivity contribution in [3.05, 3.63) is 75.3 Å². The van der Waals surface area contributed by atoms with Crippen molar-refractivity contribution in [1.82, 2.24) is 4.98 Å². The molecule has 0 unspecified atom stereocenters. The van der Waals surface area contributed by atoms with Gasteiger partial charge >= 0.3 is 0 Å². The van der Waals surface area contributed by atoms with Crippen LogP contribution in [0, 0.1) is 5.82 Å². The Labute approximate surface area is 146 Å². The van der Waals surface area contributed by atoms with Crippen molar-refractivity contribution in [1.29, 1.82) is 0 Å². The minimum absolute atomic E-state index is 0.256. The van der Waals surface area contributed by atoms with Gasteiger partial charge in [-0.1, -0.05) is 17.7 Å². The molecule has 0 saturated carbocycles. The van der Waals surface area contributed by atoms with Gasteiger partial charge in [0.05, 0.1) is 9.90 Å². The Morgan fingerprint density at radius 2 is 2.17 bits per heavy atom. The van der Waals surface area contributed by atoms with E-state index < -0.39 is 0 Å². The van der Waals surface area contributed by atoms with Crippen molar-refractivity contribution in [2.24, 2.45) is 0 Å². The average molecular weight is 363 g/mol. The van der Waals surface area contributed by atoms with Crippen LogP contribution < -0.4 is 10.1 Å². The fraction of sp³-hybridized carbons (Fsp3) is 0.0588. The normalized spacial score (nSPS) is 10.4. The van der Waals surface area contributed by atoms with Crippen molar-refractivity contribution in [2.45, 2.75) is 6.61 Å². The smallest absolute Gasteiger partial charge is 0.266 e. The summed E-state index contributed by atoms with van der Waals surface area (Å²) in [6, 6.07) is 10.9. The maximum atomic E-state index is 13.1. The molecule has 3 aromatic rings. The lowest BCUT2D eigenvalue weighted by atomic mass is 10.3. The quantitative estimate of drug-likeness (QED) is 0.711. The van der Waals surface area contributed by atoms with Crippen molar-refractivity contribution in [2.75, 3.05) is 5.32 Å². The first kappa shape index (κ1) is 16.4.